The Morgan fingerprint density at radius 1 is 1.17 bits per heavy atom. The van der Waals surface area contributed by atoms with Crippen molar-refractivity contribution in [3.8, 4) is 0 Å². The Balaban J connectivity index is 1.79. The highest BCUT2D eigenvalue weighted by Gasteiger charge is 2.38. The van der Waals surface area contributed by atoms with Crippen molar-refractivity contribution in [1.82, 2.24) is 4.90 Å². The maximum absolute atomic E-state index is 11.3. The number of carboxylic acids is 1. The van der Waals surface area contributed by atoms with Gasteiger partial charge in [0.1, 0.15) is 5.60 Å². The highest BCUT2D eigenvalue weighted by atomic mass is 16.4. The predicted molar refractivity (Wildman–Crippen MR) is 88.4 cm³/mol. The topological polar surface area (TPSA) is 60.8 Å². The van der Waals surface area contributed by atoms with E-state index in [2.05, 4.69) is 4.90 Å². The lowest BCUT2D eigenvalue weighted by Gasteiger charge is -2.26. The number of rotatable bonds is 4. The van der Waals surface area contributed by atoms with Gasteiger partial charge in [-0.2, -0.15) is 0 Å². The number of hydrogen-bond donors (Lipinski definition) is 2. The molecule has 0 bridgehead atoms. The van der Waals surface area contributed by atoms with Crippen molar-refractivity contribution >= 4 is 5.97 Å². The van der Waals surface area contributed by atoms with Crippen molar-refractivity contribution in [3.63, 3.8) is 0 Å². The molecule has 1 aliphatic heterocycles. The van der Waals surface area contributed by atoms with E-state index in [1.54, 1.807) is 12.1 Å². The molecule has 0 aliphatic carbocycles. The van der Waals surface area contributed by atoms with Crippen LogP contribution in [0.4, 0.5) is 0 Å². The summed E-state index contributed by atoms with van der Waals surface area (Å²) in [6.07, 6.45) is 0.660. The standard InChI is InChI=1S/C19H21NO3/c1-14-6-2-5-9-17(14)19(23)10-11-20(13-19)12-15-7-3-4-8-16(15)18(21)22/h2-9,23H,10-13H2,1H3,(H,21,22)/t19-/m0/s1. The highest BCUT2D eigenvalue weighted by molar-refractivity contribution is 5.89. The monoisotopic (exact) mass is 311 g/mol. The van der Waals surface area contributed by atoms with E-state index >= 15 is 0 Å². The normalized spacial score (nSPS) is 21.5. The van der Waals surface area contributed by atoms with E-state index in [9.17, 15) is 15.0 Å². The molecule has 4 nitrogen and oxygen atoms in total. The van der Waals surface area contributed by atoms with E-state index < -0.39 is 11.6 Å². The molecule has 1 heterocycles. The average molecular weight is 311 g/mol. The molecule has 0 spiro atoms. The van der Waals surface area contributed by atoms with Crippen molar-refractivity contribution in [2.75, 3.05) is 13.1 Å². The number of carboxylic acid groups (broad SMARTS) is 1. The van der Waals surface area contributed by atoms with Crippen LogP contribution in [0.2, 0.25) is 0 Å². The van der Waals surface area contributed by atoms with Gasteiger partial charge in [0, 0.05) is 19.6 Å². The van der Waals surface area contributed by atoms with Gasteiger partial charge in [0.2, 0.25) is 0 Å². The molecule has 1 fully saturated rings. The fourth-order valence-corrected chi connectivity index (χ4v) is 3.43. The molecule has 0 radical (unpaired) electrons. The Hall–Kier alpha value is -2.17. The number of carbonyl (C=O) groups is 1. The first-order valence-corrected chi connectivity index (χ1v) is 7.82. The molecular weight excluding hydrogens is 290 g/mol. The zero-order valence-electron chi connectivity index (χ0n) is 13.2. The lowest BCUT2D eigenvalue weighted by Crippen LogP contribution is -2.31. The minimum Gasteiger partial charge on any atom is -0.478 e. The number of hydrogen-bond acceptors (Lipinski definition) is 3. The Morgan fingerprint density at radius 2 is 1.87 bits per heavy atom. The van der Waals surface area contributed by atoms with E-state index in [-0.39, 0.29) is 0 Å². The van der Waals surface area contributed by atoms with Gasteiger partial charge >= 0.3 is 5.97 Å². The Bertz CT molecular complexity index is 728. The van der Waals surface area contributed by atoms with Gasteiger partial charge in [-0.05, 0) is 36.1 Å². The summed E-state index contributed by atoms with van der Waals surface area (Å²) in [5.41, 5.74) is 2.31. The third-order valence-corrected chi connectivity index (χ3v) is 4.61. The third kappa shape index (κ3) is 3.14. The number of aromatic carboxylic acids is 1. The van der Waals surface area contributed by atoms with Crippen LogP contribution >= 0.6 is 0 Å². The SMILES string of the molecule is Cc1ccccc1[C@]1(O)CCN(Cc2ccccc2C(=O)O)C1. The number of aryl methyl sites for hydroxylation is 1. The summed E-state index contributed by atoms with van der Waals surface area (Å²) >= 11 is 0. The fourth-order valence-electron chi connectivity index (χ4n) is 3.43. The smallest absolute Gasteiger partial charge is 0.336 e. The second-order valence-electron chi connectivity index (χ2n) is 6.27. The molecule has 0 saturated carbocycles. The van der Waals surface area contributed by atoms with Crippen LogP contribution in [0.3, 0.4) is 0 Å². The van der Waals surface area contributed by atoms with E-state index in [1.807, 2.05) is 43.3 Å². The Labute approximate surface area is 136 Å². The van der Waals surface area contributed by atoms with Crippen LogP contribution in [-0.4, -0.2) is 34.2 Å². The molecule has 0 unspecified atom stereocenters. The molecule has 120 valence electrons. The first kappa shape index (κ1) is 15.7. The molecule has 2 aromatic rings. The van der Waals surface area contributed by atoms with Gasteiger partial charge in [0.25, 0.3) is 0 Å². The molecule has 1 aliphatic rings. The summed E-state index contributed by atoms with van der Waals surface area (Å²) in [5, 5.41) is 20.3. The van der Waals surface area contributed by atoms with Gasteiger partial charge in [0.05, 0.1) is 5.56 Å². The van der Waals surface area contributed by atoms with Gasteiger partial charge in [0.15, 0.2) is 0 Å². The third-order valence-electron chi connectivity index (χ3n) is 4.61. The molecule has 2 N–H and O–H groups in total. The Kier molecular flexibility index (Phi) is 4.20. The zero-order chi connectivity index (χ0) is 16.4. The molecular formula is C19H21NO3. The molecule has 2 aromatic carbocycles. The number of likely N-dealkylation sites (tertiary alicyclic amines) is 1. The van der Waals surface area contributed by atoms with Crippen molar-refractivity contribution in [1.29, 1.82) is 0 Å². The van der Waals surface area contributed by atoms with E-state index in [0.717, 1.165) is 23.2 Å². The number of nitrogens with zero attached hydrogens (tertiary/aromatic N) is 1. The first-order valence-electron chi connectivity index (χ1n) is 7.82. The second kappa shape index (κ2) is 6.14. The minimum absolute atomic E-state index is 0.332. The van der Waals surface area contributed by atoms with Crippen LogP contribution in [-0.2, 0) is 12.1 Å². The first-order chi connectivity index (χ1) is 11.0. The number of β-amino-alcohol motifs (C(OH)–C–C–N with tert-alkyl or cyclic N) is 1. The van der Waals surface area contributed by atoms with Crippen LogP contribution in [0.1, 0.15) is 33.5 Å². The van der Waals surface area contributed by atoms with Crippen LogP contribution < -0.4 is 0 Å². The lowest BCUT2D eigenvalue weighted by atomic mass is 9.89. The van der Waals surface area contributed by atoms with Gasteiger partial charge in [-0.25, -0.2) is 4.79 Å². The predicted octanol–water partition coefficient (Wildman–Crippen LogP) is 2.79. The van der Waals surface area contributed by atoms with Crippen molar-refractivity contribution in [2.45, 2.75) is 25.5 Å². The highest BCUT2D eigenvalue weighted by Crippen LogP contribution is 2.34. The van der Waals surface area contributed by atoms with Gasteiger partial charge in [-0.1, -0.05) is 42.5 Å². The van der Waals surface area contributed by atoms with Crippen molar-refractivity contribution in [2.24, 2.45) is 0 Å². The van der Waals surface area contributed by atoms with Crippen LogP contribution in [0, 0.1) is 6.92 Å². The Morgan fingerprint density at radius 3 is 2.61 bits per heavy atom. The van der Waals surface area contributed by atoms with Crippen molar-refractivity contribution < 1.29 is 15.0 Å². The maximum Gasteiger partial charge on any atom is 0.336 e. The van der Waals surface area contributed by atoms with E-state index in [0.29, 0.717) is 25.1 Å². The van der Waals surface area contributed by atoms with Gasteiger partial charge in [-0.3, -0.25) is 4.90 Å². The lowest BCUT2D eigenvalue weighted by molar-refractivity contribution is 0.0446. The van der Waals surface area contributed by atoms with Crippen LogP contribution in [0.5, 0.6) is 0 Å². The minimum atomic E-state index is -0.908. The molecule has 0 amide bonds. The van der Waals surface area contributed by atoms with Gasteiger partial charge < -0.3 is 10.2 Å². The average Bonchev–Trinajstić information content (AvgIpc) is 2.90. The molecule has 0 aromatic heterocycles. The molecule has 3 rings (SSSR count). The summed E-state index contributed by atoms with van der Waals surface area (Å²) in [4.78, 5) is 13.4. The van der Waals surface area contributed by atoms with Gasteiger partial charge in [-0.15, -0.1) is 0 Å². The zero-order valence-corrected chi connectivity index (χ0v) is 13.2. The summed E-state index contributed by atoms with van der Waals surface area (Å²) in [6, 6.07) is 15.0. The molecule has 23 heavy (non-hydrogen) atoms. The summed E-state index contributed by atoms with van der Waals surface area (Å²) < 4.78 is 0. The van der Waals surface area contributed by atoms with Crippen LogP contribution in [0.15, 0.2) is 48.5 Å². The van der Waals surface area contributed by atoms with E-state index in [1.165, 1.54) is 0 Å². The molecule has 1 atom stereocenters. The summed E-state index contributed by atoms with van der Waals surface area (Å²) in [7, 11) is 0. The summed E-state index contributed by atoms with van der Waals surface area (Å²) in [5.74, 6) is -0.908. The summed E-state index contributed by atoms with van der Waals surface area (Å²) in [6.45, 7) is 3.82. The maximum atomic E-state index is 11.3. The van der Waals surface area contributed by atoms with E-state index in [4.69, 9.17) is 0 Å². The molecule has 1 saturated heterocycles. The van der Waals surface area contributed by atoms with Crippen LogP contribution in [0.25, 0.3) is 0 Å². The number of aliphatic hydroxyl groups is 1. The fraction of sp³-hybridized carbons (Fsp3) is 0.316. The quantitative estimate of drug-likeness (QED) is 0.911. The largest absolute Gasteiger partial charge is 0.478 e. The van der Waals surface area contributed by atoms with Crippen molar-refractivity contribution in [3.05, 3.63) is 70.8 Å². The number of benzene rings is 2. The molecule has 4 heteroatoms. The second-order valence-corrected chi connectivity index (χ2v) is 6.27.